The summed E-state index contributed by atoms with van der Waals surface area (Å²) in [5.41, 5.74) is 0.673. The lowest BCUT2D eigenvalue weighted by Gasteiger charge is -2.08. The summed E-state index contributed by atoms with van der Waals surface area (Å²) < 4.78 is 4.59. The molecule has 0 saturated heterocycles. The van der Waals surface area contributed by atoms with Crippen LogP contribution in [-0.2, 0) is 4.74 Å². The standard InChI is InChI=1S/C12H10BrNO3/c1-7(13)11(15)9-4-3-8(6-14)5-10(9)12(16)17-2/h3-5,7H,1-2H3. The van der Waals surface area contributed by atoms with E-state index in [-0.39, 0.29) is 16.9 Å². The number of hydrogen-bond donors (Lipinski definition) is 0. The van der Waals surface area contributed by atoms with E-state index < -0.39 is 10.8 Å². The summed E-state index contributed by atoms with van der Waals surface area (Å²) >= 11 is 3.15. The normalized spacial score (nSPS) is 11.4. The Labute approximate surface area is 107 Å². The number of nitriles is 1. The van der Waals surface area contributed by atoms with E-state index in [1.165, 1.54) is 25.3 Å². The van der Waals surface area contributed by atoms with E-state index in [4.69, 9.17) is 5.26 Å². The van der Waals surface area contributed by atoms with Crippen molar-refractivity contribution in [3.05, 3.63) is 34.9 Å². The van der Waals surface area contributed by atoms with E-state index in [0.717, 1.165) is 0 Å². The quantitative estimate of drug-likeness (QED) is 0.487. The Kier molecular flexibility index (Phi) is 4.41. The molecule has 0 spiro atoms. The molecule has 0 saturated carbocycles. The van der Waals surface area contributed by atoms with Gasteiger partial charge >= 0.3 is 5.97 Å². The number of hydrogen-bond acceptors (Lipinski definition) is 4. The summed E-state index contributed by atoms with van der Waals surface area (Å²) in [6.45, 7) is 1.67. The lowest BCUT2D eigenvalue weighted by molar-refractivity contribution is 0.0597. The summed E-state index contributed by atoms with van der Waals surface area (Å²) in [4.78, 5) is 23.0. The van der Waals surface area contributed by atoms with Crippen molar-refractivity contribution in [2.75, 3.05) is 7.11 Å². The van der Waals surface area contributed by atoms with Crippen LogP contribution in [0, 0.1) is 11.3 Å². The SMILES string of the molecule is COC(=O)c1cc(C#N)ccc1C(=O)C(C)Br. The molecule has 1 aromatic carbocycles. The number of carbonyl (C=O) groups is 2. The Hall–Kier alpha value is -1.67. The molecule has 0 fully saturated rings. The molecule has 0 amide bonds. The molecule has 0 aromatic heterocycles. The Bertz CT molecular complexity index is 503. The zero-order valence-corrected chi connectivity index (χ0v) is 10.9. The summed E-state index contributed by atoms with van der Waals surface area (Å²) in [5, 5.41) is 8.76. The van der Waals surface area contributed by atoms with Crippen LogP contribution in [0.15, 0.2) is 18.2 Å². The predicted molar refractivity (Wildman–Crippen MR) is 65.2 cm³/mol. The molecule has 0 heterocycles. The van der Waals surface area contributed by atoms with Crippen LogP contribution in [0.4, 0.5) is 0 Å². The minimum Gasteiger partial charge on any atom is -0.465 e. The van der Waals surface area contributed by atoms with Gasteiger partial charge in [0.15, 0.2) is 5.78 Å². The van der Waals surface area contributed by atoms with Gasteiger partial charge in [0.25, 0.3) is 0 Å². The van der Waals surface area contributed by atoms with Crippen LogP contribution >= 0.6 is 15.9 Å². The third-order valence-corrected chi connectivity index (χ3v) is 2.60. The Morgan fingerprint density at radius 2 is 2.06 bits per heavy atom. The number of Topliss-reactive ketones (excluding diaryl/α,β-unsaturated/α-hetero) is 1. The van der Waals surface area contributed by atoms with Crippen LogP contribution in [0.2, 0.25) is 0 Å². The average Bonchev–Trinajstić information content (AvgIpc) is 2.35. The summed E-state index contributed by atoms with van der Waals surface area (Å²) in [7, 11) is 1.23. The fourth-order valence-electron chi connectivity index (χ4n) is 1.32. The van der Waals surface area contributed by atoms with Crippen molar-refractivity contribution in [2.24, 2.45) is 0 Å². The van der Waals surface area contributed by atoms with E-state index in [1.54, 1.807) is 6.92 Å². The second-order valence-corrected chi connectivity index (χ2v) is 4.72. The van der Waals surface area contributed by atoms with E-state index in [0.29, 0.717) is 5.56 Å². The Balaban J connectivity index is 3.36. The molecular formula is C12H10BrNO3. The number of nitrogens with zero attached hydrogens (tertiary/aromatic N) is 1. The molecule has 0 aliphatic rings. The maximum Gasteiger partial charge on any atom is 0.338 e. The number of rotatable bonds is 3. The van der Waals surface area contributed by atoms with Crippen molar-refractivity contribution in [3.8, 4) is 6.07 Å². The van der Waals surface area contributed by atoms with Crippen molar-refractivity contribution in [1.82, 2.24) is 0 Å². The molecule has 0 aliphatic heterocycles. The first-order chi connectivity index (χ1) is 8.01. The molecule has 0 bridgehead atoms. The number of ether oxygens (including phenoxy) is 1. The van der Waals surface area contributed by atoms with Gasteiger partial charge in [0.1, 0.15) is 0 Å². The third kappa shape index (κ3) is 2.92. The van der Waals surface area contributed by atoms with Crippen LogP contribution in [0.25, 0.3) is 0 Å². The molecule has 1 aromatic rings. The van der Waals surface area contributed by atoms with Gasteiger partial charge in [0.2, 0.25) is 0 Å². The van der Waals surface area contributed by atoms with Crippen LogP contribution in [0.5, 0.6) is 0 Å². The van der Waals surface area contributed by atoms with Crippen LogP contribution in [0.3, 0.4) is 0 Å². The molecule has 1 unspecified atom stereocenters. The second kappa shape index (κ2) is 5.60. The molecule has 1 atom stereocenters. The number of methoxy groups -OCH3 is 1. The van der Waals surface area contributed by atoms with E-state index in [9.17, 15) is 9.59 Å². The fourth-order valence-corrected chi connectivity index (χ4v) is 1.57. The van der Waals surface area contributed by atoms with Gasteiger partial charge in [0.05, 0.1) is 29.1 Å². The molecular weight excluding hydrogens is 286 g/mol. The van der Waals surface area contributed by atoms with Gasteiger partial charge < -0.3 is 4.74 Å². The first-order valence-corrected chi connectivity index (χ1v) is 5.73. The minimum atomic E-state index is -0.626. The molecule has 0 radical (unpaired) electrons. The summed E-state index contributed by atoms with van der Waals surface area (Å²) in [6, 6.07) is 6.22. The highest BCUT2D eigenvalue weighted by Gasteiger charge is 2.20. The topological polar surface area (TPSA) is 67.2 Å². The van der Waals surface area contributed by atoms with Gasteiger partial charge in [0, 0.05) is 5.56 Å². The smallest absolute Gasteiger partial charge is 0.338 e. The maximum atomic E-state index is 11.8. The number of carbonyl (C=O) groups excluding carboxylic acids is 2. The van der Waals surface area contributed by atoms with E-state index in [2.05, 4.69) is 20.7 Å². The molecule has 0 aliphatic carbocycles. The summed E-state index contributed by atoms with van der Waals surface area (Å²) in [5.74, 6) is -0.853. The number of ketones is 1. The minimum absolute atomic E-state index is 0.114. The molecule has 17 heavy (non-hydrogen) atoms. The number of halogens is 1. The van der Waals surface area contributed by atoms with Gasteiger partial charge in [-0.1, -0.05) is 15.9 Å². The van der Waals surface area contributed by atoms with Gasteiger partial charge in [-0.05, 0) is 25.1 Å². The van der Waals surface area contributed by atoms with Crippen molar-refractivity contribution in [3.63, 3.8) is 0 Å². The van der Waals surface area contributed by atoms with Crippen LogP contribution in [0.1, 0.15) is 33.2 Å². The monoisotopic (exact) mass is 295 g/mol. The molecule has 1 rings (SSSR count). The summed E-state index contributed by atoms with van der Waals surface area (Å²) in [6.07, 6.45) is 0. The predicted octanol–water partition coefficient (Wildman–Crippen LogP) is 2.31. The first-order valence-electron chi connectivity index (χ1n) is 4.82. The molecule has 0 N–H and O–H groups in total. The molecule has 4 nitrogen and oxygen atoms in total. The van der Waals surface area contributed by atoms with Crippen molar-refractivity contribution < 1.29 is 14.3 Å². The van der Waals surface area contributed by atoms with Crippen LogP contribution in [-0.4, -0.2) is 23.7 Å². The highest BCUT2D eigenvalue weighted by molar-refractivity contribution is 9.10. The number of esters is 1. The van der Waals surface area contributed by atoms with Gasteiger partial charge in [-0.15, -0.1) is 0 Å². The molecule has 5 heteroatoms. The lowest BCUT2D eigenvalue weighted by Crippen LogP contribution is -2.16. The van der Waals surface area contributed by atoms with E-state index >= 15 is 0 Å². The van der Waals surface area contributed by atoms with Crippen molar-refractivity contribution >= 4 is 27.7 Å². The zero-order chi connectivity index (χ0) is 13.0. The van der Waals surface area contributed by atoms with Crippen molar-refractivity contribution in [1.29, 1.82) is 5.26 Å². The molecule has 88 valence electrons. The Morgan fingerprint density at radius 1 is 1.41 bits per heavy atom. The lowest BCUT2D eigenvalue weighted by atomic mass is 9.99. The highest BCUT2D eigenvalue weighted by atomic mass is 79.9. The highest BCUT2D eigenvalue weighted by Crippen LogP contribution is 2.17. The number of benzene rings is 1. The van der Waals surface area contributed by atoms with E-state index in [1.807, 2.05) is 6.07 Å². The van der Waals surface area contributed by atoms with Gasteiger partial charge in [-0.25, -0.2) is 4.79 Å². The first kappa shape index (κ1) is 13.4. The maximum absolute atomic E-state index is 11.8. The van der Waals surface area contributed by atoms with Gasteiger partial charge in [-0.3, -0.25) is 4.79 Å². The average molecular weight is 296 g/mol. The van der Waals surface area contributed by atoms with Crippen LogP contribution < -0.4 is 0 Å². The second-order valence-electron chi connectivity index (χ2n) is 3.34. The van der Waals surface area contributed by atoms with Crippen molar-refractivity contribution in [2.45, 2.75) is 11.8 Å². The largest absolute Gasteiger partial charge is 0.465 e. The zero-order valence-electron chi connectivity index (χ0n) is 9.36. The van der Waals surface area contributed by atoms with Gasteiger partial charge in [-0.2, -0.15) is 5.26 Å². The number of alkyl halides is 1. The fraction of sp³-hybridized carbons (Fsp3) is 0.250. The Morgan fingerprint density at radius 3 is 2.53 bits per heavy atom. The third-order valence-electron chi connectivity index (χ3n) is 2.18.